The fourth-order valence-corrected chi connectivity index (χ4v) is 2.23. The van der Waals surface area contributed by atoms with E-state index in [4.69, 9.17) is 46.4 Å². The molecular weight excluding hydrogens is 316 g/mol. The van der Waals surface area contributed by atoms with Gasteiger partial charge in [-0.1, -0.05) is 29.3 Å². The van der Waals surface area contributed by atoms with Crippen molar-refractivity contribution in [3.8, 4) is 0 Å². The number of hydrogen-bond donors (Lipinski definition) is 0. The second kappa shape index (κ2) is 8.11. The molecule has 2 nitrogen and oxygen atoms in total. The molecule has 0 atom stereocenters. The van der Waals surface area contributed by atoms with Gasteiger partial charge in [0, 0.05) is 24.8 Å². The number of nitrogens with zero attached hydrogens (tertiary/aromatic N) is 1. The van der Waals surface area contributed by atoms with Gasteiger partial charge < -0.3 is 4.90 Å². The predicted octanol–water partition coefficient (Wildman–Crippen LogP) is 3.84. The molecule has 6 heteroatoms. The molecule has 0 spiro atoms. The summed E-state index contributed by atoms with van der Waals surface area (Å²) in [5, 5.41) is 0.925. The first kappa shape index (κ1) is 15.9. The normalized spacial score (nSPS) is 10.4. The van der Waals surface area contributed by atoms with Gasteiger partial charge in [0.05, 0.1) is 16.5 Å². The summed E-state index contributed by atoms with van der Waals surface area (Å²) in [5.41, 5.74) is 0.823. The van der Waals surface area contributed by atoms with Crippen molar-refractivity contribution in [2.24, 2.45) is 0 Å². The molecule has 1 amide bonds. The fourth-order valence-electron chi connectivity index (χ4n) is 1.50. The van der Waals surface area contributed by atoms with Crippen LogP contribution in [0.5, 0.6) is 0 Å². The molecule has 0 radical (unpaired) electrons. The van der Waals surface area contributed by atoms with Crippen molar-refractivity contribution in [2.45, 2.75) is 6.42 Å². The number of alkyl halides is 2. The fraction of sp³-hybridized carbons (Fsp3) is 0.417. The quantitative estimate of drug-likeness (QED) is 0.726. The van der Waals surface area contributed by atoms with Gasteiger partial charge in [-0.2, -0.15) is 0 Å². The summed E-state index contributed by atoms with van der Waals surface area (Å²) in [6, 6.07) is 5.16. The van der Waals surface area contributed by atoms with Crippen LogP contribution in [0, 0.1) is 0 Å². The number of rotatable bonds is 6. The molecule has 0 N–H and O–H groups in total. The summed E-state index contributed by atoms with van der Waals surface area (Å²) in [5.74, 6) is 0.767. The minimum Gasteiger partial charge on any atom is -0.340 e. The SMILES string of the molecule is O=C(Cc1ccc(Cl)c(Cl)c1)N(CCCl)CCCl. The van der Waals surface area contributed by atoms with Crippen LogP contribution in [0.3, 0.4) is 0 Å². The number of benzene rings is 1. The van der Waals surface area contributed by atoms with Crippen molar-refractivity contribution < 1.29 is 4.79 Å². The number of halogens is 4. The number of amides is 1. The average molecular weight is 329 g/mol. The van der Waals surface area contributed by atoms with E-state index in [2.05, 4.69) is 0 Å². The van der Waals surface area contributed by atoms with Crippen molar-refractivity contribution in [3.05, 3.63) is 33.8 Å². The monoisotopic (exact) mass is 327 g/mol. The Hall–Kier alpha value is -0.150. The maximum atomic E-state index is 12.0. The summed E-state index contributed by atoms with van der Waals surface area (Å²) in [7, 11) is 0. The summed E-state index contributed by atoms with van der Waals surface area (Å²) in [6.07, 6.45) is 0.269. The lowest BCUT2D eigenvalue weighted by Crippen LogP contribution is -2.35. The van der Waals surface area contributed by atoms with Gasteiger partial charge >= 0.3 is 0 Å². The lowest BCUT2D eigenvalue weighted by atomic mass is 10.1. The van der Waals surface area contributed by atoms with Gasteiger partial charge in [-0.25, -0.2) is 0 Å². The third kappa shape index (κ3) is 4.85. The van der Waals surface area contributed by atoms with Gasteiger partial charge in [0.2, 0.25) is 5.91 Å². The van der Waals surface area contributed by atoms with Crippen LogP contribution in [-0.4, -0.2) is 35.7 Å². The summed E-state index contributed by atoms with van der Waals surface area (Å²) in [6.45, 7) is 0.989. The predicted molar refractivity (Wildman–Crippen MR) is 78.2 cm³/mol. The molecule has 0 bridgehead atoms. The second-order valence-electron chi connectivity index (χ2n) is 3.68. The molecule has 0 aliphatic heterocycles. The van der Waals surface area contributed by atoms with E-state index >= 15 is 0 Å². The first-order valence-electron chi connectivity index (χ1n) is 5.42. The van der Waals surface area contributed by atoms with E-state index in [1.165, 1.54) is 0 Å². The highest BCUT2D eigenvalue weighted by Crippen LogP contribution is 2.23. The highest BCUT2D eigenvalue weighted by Gasteiger charge is 2.13. The largest absolute Gasteiger partial charge is 0.340 e. The van der Waals surface area contributed by atoms with Gasteiger partial charge in [0.1, 0.15) is 0 Å². The van der Waals surface area contributed by atoms with E-state index in [0.717, 1.165) is 5.56 Å². The molecule has 1 aromatic carbocycles. The van der Waals surface area contributed by atoms with Crippen molar-refractivity contribution in [2.75, 3.05) is 24.8 Å². The summed E-state index contributed by atoms with van der Waals surface area (Å²) >= 11 is 23.0. The highest BCUT2D eigenvalue weighted by molar-refractivity contribution is 6.42. The molecule has 0 aliphatic carbocycles. The molecule has 1 rings (SSSR count). The first-order valence-corrected chi connectivity index (χ1v) is 7.24. The summed E-state index contributed by atoms with van der Waals surface area (Å²) in [4.78, 5) is 13.7. The van der Waals surface area contributed by atoms with Crippen LogP contribution in [-0.2, 0) is 11.2 Å². The molecular formula is C12H13Cl4NO. The maximum absolute atomic E-state index is 12.0. The van der Waals surface area contributed by atoms with Crippen LogP contribution < -0.4 is 0 Å². The third-order valence-corrected chi connectivity index (χ3v) is 3.48. The average Bonchev–Trinajstić information content (AvgIpc) is 2.33. The Morgan fingerprint density at radius 2 is 1.67 bits per heavy atom. The van der Waals surface area contributed by atoms with E-state index in [1.54, 1.807) is 23.1 Å². The Labute approximate surface area is 127 Å². The van der Waals surface area contributed by atoms with Crippen LogP contribution >= 0.6 is 46.4 Å². The second-order valence-corrected chi connectivity index (χ2v) is 5.25. The van der Waals surface area contributed by atoms with Crippen LogP contribution in [0.2, 0.25) is 10.0 Å². The van der Waals surface area contributed by atoms with Gasteiger partial charge in [-0.3, -0.25) is 4.79 Å². The molecule has 0 saturated carbocycles. The Morgan fingerprint density at radius 3 is 2.17 bits per heavy atom. The van der Waals surface area contributed by atoms with E-state index in [1.807, 2.05) is 0 Å². The Balaban J connectivity index is 2.69. The van der Waals surface area contributed by atoms with Crippen molar-refractivity contribution >= 4 is 52.3 Å². The molecule has 0 aromatic heterocycles. The minimum absolute atomic E-state index is 0.0188. The Kier molecular flexibility index (Phi) is 7.16. The molecule has 0 unspecified atom stereocenters. The number of carbonyl (C=O) groups excluding carboxylic acids is 1. The molecule has 0 fully saturated rings. The van der Waals surface area contributed by atoms with Crippen LogP contribution in [0.4, 0.5) is 0 Å². The molecule has 1 aromatic rings. The van der Waals surface area contributed by atoms with Gasteiger partial charge in [0.25, 0.3) is 0 Å². The van der Waals surface area contributed by atoms with Gasteiger partial charge in [-0.05, 0) is 17.7 Å². The van der Waals surface area contributed by atoms with Crippen LogP contribution in [0.25, 0.3) is 0 Å². The molecule has 100 valence electrons. The van der Waals surface area contributed by atoms with Crippen molar-refractivity contribution in [1.82, 2.24) is 4.90 Å². The van der Waals surface area contributed by atoms with Crippen LogP contribution in [0.1, 0.15) is 5.56 Å². The lowest BCUT2D eigenvalue weighted by Gasteiger charge is -2.20. The standard InChI is InChI=1S/C12H13Cl4NO/c13-3-5-17(6-4-14)12(18)8-9-1-2-10(15)11(16)7-9/h1-2,7H,3-6,8H2. The van der Waals surface area contributed by atoms with E-state index in [-0.39, 0.29) is 12.3 Å². The number of carbonyl (C=O) groups is 1. The number of hydrogen-bond acceptors (Lipinski definition) is 1. The van der Waals surface area contributed by atoms with Gasteiger partial charge in [0.15, 0.2) is 0 Å². The zero-order valence-corrected chi connectivity index (χ0v) is 12.7. The Bertz CT molecular complexity index is 405. The van der Waals surface area contributed by atoms with E-state index < -0.39 is 0 Å². The van der Waals surface area contributed by atoms with Crippen molar-refractivity contribution in [3.63, 3.8) is 0 Å². The zero-order valence-electron chi connectivity index (χ0n) is 9.63. The van der Waals surface area contributed by atoms with Crippen LogP contribution in [0.15, 0.2) is 18.2 Å². The molecule has 0 aliphatic rings. The summed E-state index contributed by atoms with van der Waals surface area (Å²) < 4.78 is 0. The van der Waals surface area contributed by atoms with E-state index in [9.17, 15) is 4.79 Å². The van der Waals surface area contributed by atoms with Gasteiger partial charge in [-0.15, -0.1) is 23.2 Å². The topological polar surface area (TPSA) is 20.3 Å². The Morgan fingerprint density at radius 1 is 1.06 bits per heavy atom. The molecule has 0 saturated heterocycles. The smallest absolute Gasteiger partial charge is 0.227 e. The van der Waals surface area contributed by atoms with Crippen molar-refractivity contribution in [1.29, 1.82) is 0 Å². The molecule has 18 heavy (non-hydrogen) atoms. The first-order chi connectivity index (χ1) is 8.58. The lowest BCUT2D eigenvalue weighted by molar-refractivity contribution is -0.130. The maximum Gasteiger partial charge on any atom is 0.227 e. The van der Waals surface area contributed by atoms with E-state index in [0.29, 0.717) is 34.9 Å². The highest BCUT2D eigenvalue weighted by atomic mass is 35.5. The molecule has 0 heterocycles. The third-order valence-electron chi connectivity index (χ3n) is 2.40. The minimum atomic E-state index is -0.0188. The zero-order chi connectivity index (χ0) is 13.5.